The number of guanidine groups is 1. The van der Waals surface area contributed by atoms with Crippen molar-refractivity contribution in [3.05, 3.63) is 29.3 Å². The molecule has 0 radical (unpaired) electrons. The molecule has 8 heteroatoms. The van der Waals surface area contributed by atoms with E-state index in [-0.39, 0.29) is 0 Å². The summed E-state index contributed by atoms with van der Waals surface area (Å²) in [6, 6.07) is 8.13. The van der Waals surface area contributed by atoms with E-state index in [1.165, 1.54) is 0 Å². The molecule has 2 aliphatic rings. The third kappa shape index (κ3) is 7.61. The number of anilines is 1. The first-order chi connectivity index (χ1) is 14.8. The fraction of sp³-hybridized carbons (Fsp3) is 0.682. The molecular formula is C22H37ClN6O. The van der Waals surface area contributed by atoms with Crippen molar-refractivity contribution in [2.75, 3.05) is 90.1 Å². The van der Waals surface area contributed by atoms with E-state index in [0.717, 1.165) is 108 Å². The largest absolute Gasteiger partial charge is 0.379 e. The number of morpholine rings is 1. The Morgan fingerprint density at radius 3 is 2.47 bits per heavy atom. The summed E-state index contributed by atoms with van der Waals surface area (Å²) in [6.07, 6.45) is 1.08. The number of nitrogens with one attached hydrogen (secondary N) is 2. The van der Waals surface area contributed by atoms with Gasteiger partial charge in [0.2, 0.25) is 0 Å². The van der Waals surface area contributed by atoms with E-state index in [4.69, 9.17) is 21.3 Å². The Kier molecular flexibility index (Phi) is 10.0. The highest BCUT2D eigenvalue weighted by Gasteiger charge is 2.18. The predicted molar refractivity (Wildman–Crippen MR) is 126 cm³/mol. The molecule has 0 aliphatic carbocycles. The van der Waals surface area contributed by atoms with Crippen molar-refractivity contribution >= 4 is 23.2 Å². The molecule has 7 nitrogen and oxygen atoms in total. The minimum Gasteiger partial charge on any atom is -0.379 e. The number of rotatable bonds is 9. The summed E-state index contributed by atoms with van der Waals surface area (Å²) in [5.41, 5.74) is 1.15. The van der Waals surface area contributed by atoms with E-state index in [2.05, 4.69) is 44.4 Å². The van der Waals surface area contributed by atoms with Crippen LogP contribution in [0, 0.1) is 0 Å². The summed E-state index contributed by atoms with van der Waals surface area (Å²) >= 11 is 6.34. The summed E-state index contributed by atoms with van der Waals surface area (Å²) < 4.78 is 5.40. The Morgan fingerprint density at radius 1 is 1.00 bits per heavy atom. The van der Waals surface area contributed by atoms with Crippen LogP contribution in [0.3, 0.4) is 0 Å². The molecule has 3 rings (SSSR count). The zero-order valence-corrected chi connectivity index (χ0v) is 19.0. The number of benzene rings is 1. The van der Waals surface area contributed by atoms with Crippen LogP contribution >= 0.6 is 11.6 Å². The number of para-hydroxylation sites is 1. The molecule has 2 aliphatic heterocycles. The third-order valence-electron chi connectivity index (χ3n) is 5.64. The van der Waals surface area contributed by atoms with Gasteiger partial charge in [0.15, 0.2) is 5.96 Å². The van der Waals surface area contributed by atoms with Gasteiger partial charge in [-0.15, -0.1) is 0 Å². The number of hydrogen-bond donors (Lipinski definition) is 2. The monoisotopic (exact) mass is 436 g/mol. The summed E-state index contributed by atoms with van der Waals surface area (Å²) in [6.45, 7) is 14.8. The normalized spacial score (nSPS) is 19.1. The highest BCUT2D eigenvalue weighted by atomic mass is 35.5. The summed E-state index contributed by atoms with van der Waals surface area (Å²) in [4.78, 5) is 12.1. The van der Waals surface area contributed by atoms with Crippen molar-refractivity contribution in [2.24, 2.45) is 4.99 Å². The summed E-state index contributed by atoms with van der Waals surface area (Å²) in [5, 5.41) is 7.66. The highest BCUT2D eigenvalue weighted by molar-refractivity contribution is 6.33. The zero-order chi connectivity index (χ0) is 21.0. The van der Waals surface area contributed by atoms with Crippen molar-refractivity contribution in [3.63, 3.8) is 0 Å². The Bertz CT molecular complexity index is 644. The van der Waals surface area contributed by atoms with Gasteiger partial charge in [-0.2, -0.15) is 0 Å². The average Bonchev–Trinajstić information content (AvgIpc) is 2.78. The van der Waals surface area contributed by atoms with Crippen molar-refractivity contribution in [1.82, 2.24) is 20.4 Å². The molecule has 1 aromatic rings. The van der Waals surface area contributed by atoms with Gasteiger partial charge in [0.1, 0.15) is 0 Å². The fourth-order valence-corrected chi connectivity index (χ4v) is 4.16. The molecule has 2 N–H and O–H groups in total. The fourth-order valence-electron chi connectivity index (χ4n) is 3.90. The molecule has 30 heavy (non-hydrogen) atoms. The van der Waals surface area contributed by atoms with Crippen LogP contribution in [0.4, 0.5) is 5.69 Å². The molecule has 2 saturated heterocycles. The maximum absolute atomic E-state index is 6.34. The molecule has 2 fully saturated rings. The van der Waals surface area contributed by atoms with E-state index in [0.29, 0.717) is 0 Å². The minimum atomic E-state index is 0.845. The number of halogens is 1. The second kappa shape index (κ2) is 13.0. The molecule has 0 aromatic heterocycles. The van der Waals surface area contributed by atoms with E-state index >= 15 is 0 Å². The average molecular weight is 437 g/mol. The maximum Gasteiger partial charge on any atom is 0.191 e. The summed E-state index contributed by atoms with van der Waals surface area (Å²) in [7, 11) is 0. The number of aliphatic imine (C=N–C) groups is 1. The van der Waals surface area contributed by atoms with E-state index in [1.807, 2.05) is 12.1 Å². The van der Waals surface area contributed by atoms with Crippen LogP contribution < -0.4 is 15.5 Å². The molecule has 0 bridgehead atoms. The van der Waals surface area contributed by atoms with Crippen molar-refractivity contribution in [2.45, 2.75) is 13.3 Å². The van der Waals surface area contributed by atoms with Gasteiger partial charge in [-0.3, -0.25) is 14.8 Å². The Hall–Kier alpha value is -1.54. The predicted octanol–water partition coefficient (Wildman–Crippen LogP) is 1.74. The van der Waals surface area contributed by atoms with Crippen LogP contribution in [0.15, 0.2) is 29.3 Å². The van der Waals surface area contributed by atoms with Gasteiger partial charge >= 0.3 is 0 Å². The van der Waals surface area contributed by atoms with Crippen LogP contribution in [0.25, 0.3) is 0 Å². The molecule has 0 atom stereocenters. The van der Waals surface area contributed by atoms with E-state index < -0.39 is 0 Å². The van der Waals surface area contributed by atoms with Gasteiger partial charge in [0.25, 0.3) is 0 Å². The Labute approximate surface area is 186 Å². The van der Waals surface area contributed by atoms with Crippen LogP contribution in [0.1, 0.15) is 13.3 Å². The van der Waals surface area contributed by atoms with Crippen LogP contribution in [-0.4, -0.2) is 101 Å². The smallest absolute Gasteiger partial charge is 0.191 e. The quantitative estimate of drug-likeness (QED) is 0.349. The molecule has 168 valence electrons. The van der Waals surface area contributed by atoms with Crippen LogP contribution in [0.5, 0.6) is 0 Å². The lowest BCUT2D eigenvalue weighted by atomic mass is 10.2. The van der Waals surface area contributed by atoms with Crippen molar-refractivity contribution in [1.29, 1.82) is 0 Å². The lowest BCUT2D eigenvalue weighted by Crippen LogP contribution is -2.47. The number of hydrogen-bond acceptors (Lipinski definition) is 5. The third-order valence-corrected chi connectivity index (χ3v) is 5.96. The maximum atomic E-state index is 6.34. The Morgan fingerprint density at radius 2 is 1.73 bits per heavy atom. The summed E-state index contributed by atoms with van der Waals surface area (Å²) in [5.74, 6) is 0.925. The molecular weight excluding hydrogens is 400 g/mol. The number of ether oxygens (including phenoxy) is 1. The van der Waals surface area contributed by atoms with Gasteiger partial charge in [-0.1, -0.05) is 23.7 Å². The molecule has 0 saturated carbocycles. The second-order valence-corrected chi connectivity index (χ2v) is 8.18. The van der Waals surface area contributed by atoms with Crippen LogP contribution in [0.2, 0.25) is 5.02 Å². The molecule has 0 spiro atoms. The first-order valence-corrected chi connectivity index (χ1v) is 11.7. The highest BCUT2D eigenvalue weighted by Crippen LogP contribution is 2.25. The number of nitrogens with zero attached hydrogens (tertiary/aromatic N) is 4. The Balaban J connectivity index is 1.32. The molecule has 1 aromatic carbocycles. The zero-order valence-electron chi connectivity index (χ0n) is 18.3. The SMILES string of the molecule is CCNC(=NCCCN1CCN(c2ccccc2Cl)CC1)NCCN1CCOCC1. The molecule has 0 amide bonds. The van der Waals surface area contributed by atoms with Gasteiger partial charge < -0.3 is 20.3 Å². The second-order valence-electron chi connectivity index (χ2n) is 7.78. The first kappa shape index (κ1) is 23.1. The van der Waals surface area contributed by atoms with E-state index in [9.17, 15) is 0 Å². The van der Waals surface area contributed by atoms with E-state index in [1.54, 1.807) is 0 Å². The standard InChI is InChI=1S/C22H37ClN6O/c1-2-24-22(26-9-11-28-16-18-30-19-17-28)25-8-5-10-27-12-14-29(15-13-27)21-7-4-3-6-20(21)23/h3-4,6-7H,2,5,8-19H2,1H3,(H2,24,25,26). The van der Waals surface area contributed by atoms with Gasteiger partial charge in [0.05, 0.1) is 23.9 Å². The lowest BCUT2D eigenvalue weighted by Gasteiger charge is -2.36. The van der Waals surface area contributed by atoms with Gasteiger partial charge in [0, 0.05) is 72.0 Å². The van der Waals surface area contributed by atoms with Gasteiger partial charge in [-0.05, 0) is 25.5 Å². The minimum absolute atomic E-state index is 0.845. The topological polar surface area (TPSA) is 55.4 Å². The number of piperazine rings is 1. The molecule has 2 heterocycles. The van der Waals surface area contributed by atoms with Crippen LogP contribution in [-0.2, 0) is 4.74 Å². The van der Waals surface area contributed by atoms with Gasteiger partial charge in [-0.25, -0.2) is 0 Å². The van der Waals surface area contributed by atoms with Crippen molar-refractivity contribution < 1.29 is 4.74 Å². The molecule has 0 unspecified atom stereocenters. The van der Waals surface area contributed by atoms with Crippen molar-refractivity contribution in [3.8, 4) is 0 Å². The first-order valence-electron chi connectivity index (χ1n) is 11.3. The lowest BCUT2D eigenvalue weighted by molar-refractivity contribution is 0.0389.